The van der Waals surface area contributed by atoms with Crippen LogP contribution in [0.25, 0.3) is 0 Å². The topological polar surface area (TPSA) is 78.9 Å². The first kappa shape index (κ1) is 23.4. The van der Waals surface area contributed by atoms with Gasteiger partial charge in [0.05, 0.1) is 40.6 Å². The first-order valence-electron chi connectivity index (χ1n) is 11.2. The summed E-state index contributed by atoms with van der Waals surface area (Å²) in [5.74, 6) is 0.533. The first-order chi connectivity index (χ1) is 15.0. The molecule has 7 heteroatoms. The molecule has 0 aliphatic heterocycles. The van der Waals surface area contributed by atoms with Crippen molar-refractivity contribution in [1.29, 1.82) is 0 Å². The average molecular weight is 428 g/mol. The molecule has 0 N–H and O–H groups in total. The van der Waals surface area contributed by atoms with Crippen LogP contribution < -0.4 is 0 Å². The van der Waals surface area contributed by atoms with Gasteiger partial charge in [-0.05, 0) is 37.0 Å². The van der Waals surface area contributed by atoms with Crippen LogP contribution in [0.4, 0.5) is 0 Å². The zero-order valence-electron chi connectivity index (χ0n) is 18.7. The molecule has 0 heterocycles. The lowest BCUT2D eigenvalue weighted by Crippen LogP contribution is -2.39. The van der Waals surface area contributed by atoms with Gasteiger partial charge in [-0.25, -0.2) is 0 Å². The van der Waals surface area contributed by atoms with Gasteiger partial charge >= 0.3 is 17.9 Å². The molecule has 0 aromatic rings. The van der Waals surface area contributed by atoms with E-state index in [0.717, 1.165) is 19.3 Å². The van der Waals surface area contributed by atoms with Gasteiger partial charge in [-0.15, -0.1) is 0 Å². The van der Waals surface area contributed by atoms with Gasteiger partial charge in [0.25, 0.3) is 0 Å². The van der Waals surface area contributed by atoms with Crippen LogP contribution in [-0.2, 0) is 28.6 Å². The van der Waals surface area contributed by atoms with Crippen LogP contribution >= 0.6 is 0 Å². The van der Waals surface area contributed by atoms with E-state index in [1.54, 1.807) is 0 Å². The summed E-state index contributed by atoms with van der Waals surface area (Å²) >= 11 is 0. The van der Waals surface area contributed by atoms with Crippen molar-refractivity contribution in [2.75, 3.05) is 21.3 Å². The van der Waals surface area contributed by atoms with E-state index in [1.165, 1.54) is 21.3 Å². The Hall–Kier alpha value is -2.31. The molecule has 0 radical (unpaired) electrons. The molecule has 0 aromatic carbocycles. The highest BCUT2D eigenvalue weighted by atomic mass is 16.5. The third-order valence-corrected chi connectivity index (χ3v) is 7.40. The zero-order chi connectivity index (χ0) is 22.4. The molecule has 168 valence electrons. The number of ether oxygens (including phenoxy) is 3. The van der Waals surface area contributed by atoms with E-state index < -0.39 is 0 Å². The van der Waals surface area contributed by atoms with Crippen molar-refractivity contribution in [3.05, 3.63) is 36.5 Å². The summed E-state index contributed by atoms with van der Waals surface area (Å²) < 4.78 is 14.8. The molecule has 6 nitrogen and oxygen atoms in total. The fourth-order valence-electron chi connectivity index (χ4n) is 5.95. The van der Waals surface area contributed by atoms with Crippen LogP contribution in [0.1, 0.15) is 38.5 Å². The van der Waals surface area contributed by atoms with E-state index in [2.05, 4.69) is 36.5 Å². The number of allylic oxidation sites excluding steroid dienone is 6. The molecule has 0 amide bonds. The maximum Gasteiger partial charge on any atom is 0.306 e. The van der Waals surface area contributed by atoms with Gasteiger partial charge in [-0.3, -0.25) is 14.4 Å². The lowest BCUT2D eigenvalue weighted by atomic mass is 9.23. The Bertz CT molecular complexity index is 657. The number of rotatable bonds is 9. The predicted molar refractivity (Wildman–Crippen MR) is 119 cm³/mol. The molecule has 0 saturated carbocycles. The van der Waals surface area contributed by atoms with Crippen molar-refractivity contribution < 1.29 is 28.6 Å². The number of hydrogen-bond acceptors (Lipinski definition) is 6. The lowest BCUT2D eigenvalue weighted by Gasteiger charge is -2.39. The van der Waals surface area contributed by atoms with Crippen LogP contribution in [0.15, 0.2) is 36.5 Å². The van der Waals surface area contributed by atoms with E-state index in [9.17, 15) is 14.4 Å². The molecule has 31 heavy (non-hydrogen) atoms. The summed E-state index contributed by atoms with van der Waals surface area (Å²) in [6, 6.07) is 0. The van der Waals surface area contributed by atoms with E-state index in [4.69, 9.17) is 14.2 Å². The molecule has 0 aromatic heterocycles. The first-order valence-corrected chi connectivity index (χ1v) is 11.2. The Labute approximate surface area is 185 Å². The molecule has 0 unspecified atom stereocenters. The van der Waals surface area contributed by atoms with Crippen molar-refractivity contribution in [2.24, 2.45) is 17.8 Å². The van der Waals surface area contributed by atoms with Gasteiger partial charge in [0.15, 0.2) is 6.71 Å². The molecule has 0 fully saturated rings. The van der Waals surface area contributed by atoms with Gasteiger partial charge in [0, 0.05) is 0 Å². The molecular formula is C24H33BO6. The number of carbonyl (C=O) groups excluding carboxylic acids is 3. The predicted octanol–water partition coefficient (Wildman–Crippen LogP) is 4.01. The minimum atomic E-state index is -0.202. The van der Waals surface area contributed by atoms with E-state index in [0.29, 0.717) is 19.3 Å². The summed E-state index contributed by atoms with van der Waals surface area (Å²) in [4.78, 5) is 36.2. The number of hydrogen-bond donors (Lipinski definition) is 0. The number of methoxy groups -OCH3 is 3. The quantitative estimate of drug-likeness (QED) is 0.239. The SMILES string of the molecule is COC(=O)C[C@@H]1C=CC[C@H]1B([C@@H]1CC=C[C@H]1CC(=O)OC)[C@@H]1CC=C[C@H]1CC(=O)OC. The van der Waals surface area contributed by atoms with Crippen molar-refractivity contribution in [3.63, 3.8) is 0 Å². The Kier molecular flexibility index (Phi) is 8.16. The van der Waals surface area contributed by atoms with Crippen LogP contribution in [0.5, 0.6) is 0 Å². The van der Waals surface area contributed by atoms with Crippen molar-refractivity contribution in [2.45, 2.75) is 56.0 Å². The molecule has 0 spiro atoms. The molecule has 3 rings (SSSR count). The minimum absolute atomic E-state index is 0.108. The van der Waals surface area contributed by atoms with Crippen LogP contribution in [0.3, 0.4) is 0 Å². The van der Waals surface area contributed by atoms with Gasteiger partial charge in [0.1, 0.15) is 0 Å². The maximum absolute atomic E-state index is 12.1. The standard InChI is InChI=1S/C24H33BO6/c1-29-22(26)13-16-7-4-10-19(16)25(20-11-5-8-17(20)14-23(27)30-2)21-12-6-9-18(21)15-24(28)31-3/h4-9,16-21H,10-15H2,1-3H3/t16-,17-,18-,19+,20+,21+/m0/s1. The third kappa shape index (κ3) is 5.49. The summed E-state index contributed by atoms with van der Waals surface area (Å²) in [5, 5.41) is 0. The van der Waals surface area contributed by atoms with Gasteiger partial charge in [0.2, 0.25) is 0 Å². The average Bonchev–Trinajstić information content (AvgIpc) is 3.52. The van der Waals surface area contributed by atoms with Gasteiger partial charge in [-0.2, -0.15) is 0 Å². The van der Waals surface area contributed by atoms with Crippen LogP contribution in [-0.4, -0.2) is 46.0 Å². The van der Waals surface area contributed by atoms with Gasteiger partial charge in [-0.1, -0.05) is 53.9 Å². The normalized spacial score (nSPS) is 31.1. The lowest BCUT2D eigenvalue weighted by molar-refractivity contribution is -0.142. The Morgan fingerprint density at radius 1 is 0.645 bits per heavy atom. The second kappa shape index (κ2) is 10.8. The fraction of sp³-hybridized carbons (Fsp3) is 0.625. The monoisotopic (exact) mass is 428 g/mol. The van der Waals surface area contributed by atoms with Crippen molar-refractivity contribution >= 4 is 24.6 Å². The Balaban J connectivity index is 1.88. The molecule has 6 atom stereocenters. The summed E-state index contributed by atoms with van der Waals surface area (Å²) in [6.07, 6.45) is 16.7. The van der Waals surface area contributed by atoms with Crippen molar-refractivity contribution in [1.82, 2.24) is 0 Å². The van der Waals surface area contributed by atoms with Crippen LogP contribution in [0, 0.1) is 17.8 Å². The second-order valence-corrected chi connectivity index (χ2v) is 8.89. The maximum atomic E-state index is 12.1. The largest absolute Gasteiger partial charge is 0.469 e. The highest BCUT2D eigenvalue weighted by molar-refractivity contribution is 6.64. The zero-order valence-corrected chi connectivity index (χ0v) is 18.7. The second-order valence-electron chi connectivity index (χ2n) is 8.89. The summed E-state index contributed by atoms with van der Waals surface area (Å²) in [5.41, 5.74) is 0. The van der Waals surface area contributed by atoms with E-state index in [1.807, 2.05) is 0 Å². The Morgan fingerprint density at radius 3 is 1.19 bits per heavy atom. The molecule has 3 aliphatic rings. The van der Waals surface area contributed by atoms with Crippen LogP contribution in [0.2, 0.25) is 17.5 Å². The third-order valence-electron chi connectivity index (χ3n) is 7.40. The van der Waals surface area contributed by atoms with Gasteiger partial charge < -0.3 is 14.2 Å². The number of carbonyl (C=O) groups is 3. The summed E-state index contributed by atoms with van der Waals surface area (Å²) in [6.45, 7) is 0.263. The smallest absolute Gasteiger partial charge is 0.306 e. The molecular weight excluding hydrogens is 395 g/mol. The van der Waals surface area contributed by atoms with E-state index in [-0.39, 0.29) is 59.8 Å². The minimum Gasteiger partial charge on any atom is -0.469 e. The van der Waals surface area contributed by atoms with E-state index >= 15 is 0 Å². The van der Waals surface area contributed by atoms with Crippen molar-refractivity contribution in [3.8, 4) is 0 Å². The summed E-state index contributed by atoms with van der Waals surface area (Å²) in [7, 11) is 4.27. The Morgan fingerprint density at radius 2 is 0.935 bits per heavy atom. The highest BCUT2D eigenvalue weighted by Crippen LogP contribution is 2.54. The fourth-order valence-corrected chi connectivity index (χ4v) is 5.95. The number of esters is 3. The molecule has 0 saturated heterocycles. The molecule has 0 bridgehead atoms. The molecule has 3 aliphatic carbocycles. The highest BCUT2D eigenvalue weighted by Gasteiger charge is 2.48.